The number of benzene rings is 3. The number of nitrogens with one attached hydrogen (secondary N) is 2. The van der Waals surface area contributed by atoms with Gasteiger partial charge >= 0.3 is 0 Å². The van der Waals surface area contributed by atoms with E-state index in [1.807, 2.05) is 32.9 Å². The summed E-state index contributed by atoms with van der Waals surface area (Å²) in [7, 11) is -0.922. The van der Waals surface area contributed by atoms with Gasteiger partial charge in [-0.1, -0.05) is 29.8 Å². The van der Waals surface area contributed by atoms with Gasteiger partial charge in [-0.15, -0.1) is 0 Å². The molecule has 3 rings (SSSR count). The van der Waals surface area contributed by atoms with Crippen LogP contribution in [0.5, 0.6) is 5.75 Å². The van der Waals surface area contributed by atoms with Crippen molar-refractivity contribution in [3.05, 3.63) is 82.9 Å². The number of methoxy groups -OCH3 is 1. The molecule has 0 atom stereocenters. The second-order valence-electron chi connectivity index (χ2n) is 8.31. The predicted molar refractivity (Wildman–Crippen MR) is 136 cm³/mol. The highest BCUT2D eigenvalue weighted by molar-refractivity contribution is 7.92. The van der Waals surface area contributed by atoms with Crippen LogP contribution >= 0.6 is 0 Å². The number of aryl methyl sites for hydroxylation is 3. The highest BCUT2D eigenvalue weighted by Gasteiger charge is 2.20. The van der Waals surface area contributed by atoms with Crippen LogP contribution in [0.15, 0.2) is 65.6 Å². The third-order valence-corrected chi connectivity index (χ3v) is 6.81. The summed E-state index contributed by atoms with van der Waals surface area (Å²) in [4.78, 5) is 26.6. The first-order valence-electron chi connectivity index (χ1n) is 10.9. The predicted octanol–water partition coefficient (Wildman–Crippen LogP) is 4.13. The van der Waals surface area contributed by atoms with Crippen molar-refractivity contribution in [1.82, 2.24) is 4.90 Å². The van der Waals surface area contributed by atoms with Gasteiger partial charge in [0, 0.05) is 18.3 Å². The topological polar surface area (TPSA) is 105 Å². The van der Waals surface area contributed by atoms with Gasteiger partial charge in [0.2, 0.25) is 5.91 Å². The molecule has 0 unspecified atom stereocenters. The molecule has 0 aliphatic carbocycles. The van der Waals surface area contributed by atoms with Gasteiger partial charge in [-0.3, -0.25) is 14.3 Å². The van der Waals surface area contributed by atoms with Crippen molar-refractivity contribution in [2.45, 2.75) is 25.7 Å². The van der Waals surface area contributed by atoms with E-state index in [-0.39, 0.29) is 22.9 Å². The molecule has 8 nitrogen and oxygen atoms in total. The van der Waals surface area contributed by atoms with Crippen LogP contribution in [0, 0.1) is 20.8 Å². The molecule has 0 aliphatic heterocycles. The maximum absolute atomic E-state index is 12.8. The standard InChI is InChI=1S/C26H29N3O5S/c1-17-14-18(2)25(19(3)15-17)27-24(30)16-29(4)26(31)20-10-12-21(13-11-20)35(32,33)28-22-8-6-7-9-23(22)34-5/h6-15,28H,16H2,1-5H3,(H,27,30). The lowest BCUT2D eigenvalue weighted by Crippen LogP contribution is -2.35. The molecule has 184 valence electrons. The van der Waals surface area contributed by atoms with Gasteiger partial charge in [0.05, 0.1) is 24.2 Å². The van der Waals surface area contributed by atoms with Crippen molar-refractivity contribution in [3.63, 3.8) is 0 Å². The third-order valence-electron chi connectivity index (χ3n) is 5.43. The van der Waals surface area contributed by atoms with Gasteiger partial charge in [-0.25, -0.2) is 8.42 Å². The van der Waals surface area contributed by atoms with Crippen LogP contribution in [-0.4, -0.2) is 45.8 Å². The van der Waals surface area contributed by atoms with E-state index < -0.39 is 15.9 Å². The molecule has 3 aromatic rings. The lowest BCUT2D eigenvalue weighted by atomic mass is 10.1. The molecule has 2 N–H and O–H groups in total. The Kier molecular flexibility index (Phi) is 7.81. The van der Waals surface area contributed by atoms with Crippen molar-refractivity contribution in [2.24, 2.45) is 0 Å². The normalized spacial score (nSPS) is 11.0. The summed E-state index contributed by atoms with van der Waals surface area (Å²) in [5, 5.41) is 2.87. The van der Waals surface area contributed by atoms with Crippen molar-refractivity contribution >= 4 is 33.2 Å². The van der Waals surface area contributed by atoms with Gasteiger partial charge in [0.25, 0.3) is 15.9 Å². The quantitative estimate of drug-likeness (QED) is 0.489. The molecule has 3 aromatic carbocycles. The summed E-state index contributed by atoms with van der Waals surface area (Å²) < 4.78 is 33.2. The molecule has 0 saturated heterocycles. The van der Waals surface area contributed by atoms with Crippen LogP contribution in [-0.2, 0) is 14.8 Å². The molecule has 0 aromatic heterocycles. The minimum absolute atomic E-state index is 0.00864. The second kappa shape index (κ2) is 10.6. The van der Waals surface area contributed by atoms with Crippen LogP contribution in [0.1, 0.15) is 27.0 Å². The highest BCUT2D eigenvalue weighted by atomic mass is 32.2. The van der Waals surface area contributed by atoms with Gasteiger partial charge < -0.3 is 15.0 Å². The number of ether oxygens (including phenoxy) is 1. The van der Waals surface area contributed by atoms with Gasteiger partial charge in [0.1, 0.15) is 5.75 Å². The Morgan fingerprint density at radius 3 is 2.14 bits per heavy atom. The first-order valence-corrected chi connectivity index (χ1v) is 12.4. The Balaban J connectivity index is 1.67. The fourth-order valence-electron chi connectivity index (χ4n) is 3.77. The molecule has 0 heterocycles. The molecule has 0 bridgehead atoms. The third kappa shape index (κ3) is 6.19. The van der Waals surface area contributed by atoms with Gasteiger partial charge in [-0.05, 0) is 68.3 Å². The number of rotatable bonds is 8. The number of hydrogen-bond acceptors (Lipinski definition) is 5. The van der Waals surface area contributed by atoms with Crippen LogP contribution in [0.4, 0.5) is 11.4 Å². The number of hydrogen-bond donors (Lipinski definition) is 2. The number of anilines is 2. The molecule has 0 fully saturated rings. The number of nitrogens with zero attached hydrogens (tertiary/aromatic N) is 1. The Morgan fingerprint density at radius 2 is 1.54 bits per heavy atom. The summed E-state index contributed by atoms with van der Waals surface area (Å²) in [5.41, 5.74) is 4.30. The summed E-state index contributed by atoms with van der Waals surface area (Å²) in [6.45, 7) is 5.68. The largest absolute Gasteiger partial charge is 0.495 e. The summed E-state index contributed by atoms with van der Waals surface area (Å²) >= 11 is 0. The van der Waals surface area contributed by atoms with Gasteiger partial charge in [-0.2, -0.15) is 0 Å². The van der Waals surface area contributed by atoms with E-state index in [0.717, 1.165) is 22.4 Å². The number of sulfonamides is 1. The SMILES string of the molecule is COc1ccccc1NS(=O)(=O)c1ccc(C(=O)N(C)CC(=O)Nc2c(C)cc(C)cc2C)cc1. The molecular formula is C26H29N3O5S. The van der Waals surface area contributed by atoms with E-state index >= 15 is 0 Å². The van der Waals surface area contributed by atoms with Crippen LogP contribution in [0.3, 0.4) is 0 Å². The van der Waals surface area contributed by atoms with Crippen molar-refractivity contribution < 1.29 is 22.7 Å². The van der Waals surface area contributed by atoms with E-state index in [4.69, 9.17) is 4.74 Å². The van der Waals surface area contributed by atoms with Gasteiger partial charge in [0.15, 0.2) is 0 Å². The smallest absolute Gasteiger partial charge is 0.262 e. The molecule has 2 amide bonds. The fraction of sp³-hybridized carbons (Fsp3) is 0.231. The Morgan fingerprint density at radius 1 is 0.943 bits per heavy atom. The molecule has 9 heteroatoms. The van der Waals surface area contributed by atoms with Crippen molar-refractivity contribution in [3.8, 4) is 5.75 Å². The van der Waals surface area contributed by atoms with E-state index in [9.17, 15) is 18.0 Å². The van der Waals surface area contributed by atoms with E-state index in [2.05, 4.69) is 10.0 Å². The first kappa shape index (κ1) is 25.8. The molecular weight excluding hydrogens is 466 g/mol. The van der Waals surface area contributed by atoms with Crippen LogP contribution in [0.25, 0.3) is 0 Å². The number of para-hydroxylation sites is 2. The highest BCUT2D eigenvalue weighted by Crippen LogP contribution is 2.26. The monoisotopic (exact) mass is 495 g/mol. The zero-order chi connectivity index (χ0) is 25.8. The van der Waals surface area contributed by atoms with E-state index in [1.165, 1.54) is 43.3 Å². The zero-order valence-electron chi connectivity index (χ0n) is 20.4. The first-order chi connectivity index (χ1) is 16.5. The Hall–Kier alpha value is -3.85. The number of carbonyl (C=O) groups excluding carboxylic acids is 2. The van der Waals surface area contributed by atoms with Crippen molar-refractivity contribution in [1.29, 1.82) is 0 Å². The van der Waals surface area contributed by atoms with Crippen LogP contribution in [0.2, 0.25) is 0 Å². The summed E-state index contributed by atoms with van der Waals surface area (Å²) in [6, 6.07) is 16.2. The molecule has 0 aliphatic rings. The average molecular weight is 496 g/mol. The lowest BCUT2D eigenvalue weighted by molar-refractivity contribution is -0.116. The van der Waals surface area contributed by atoms with Crippen molar-refractivity contribution in [2.75, 3.05) is 30.7 Å². The number of amides is 2. The fourth-order valence-corrected chi connectivity index (χ4v) is 4.84. The maximum Gasteiger partial charge on any atom is 0.262 e. The molecule has 0 spiro atoms. The van der Waals surface area contributed by atoms with E-state index in [0.29, 0.717) is 11.4 Å². The second-order valence-corrected chi connectivity index (χ2v) is 10.00. The van der Waals surface area contributed by atoms with Crippen LogP contribution < -0.4 is 14.8 Å². The Bertz CT molecular complexity index is 1330. The van der Waals surface area contributed by atoms with E-state index in [1.54, 1.807) is 24.3 Å². The molecule has 35 heavy (non-hydrogen) atoms. The number of carbonyl (C=O) groups is 2. The summed E-state index contributed by atoms with van der Waals surface area (Å²) in [6.07, 6.45) is 0. The molecule has 0 saturated carbocycles. The Labute approximate surface area is 206 Å². The molecule has 0 radical (unpaired) electrons. The number of likely N-dealkylation sites (N-methyl/N-ethyl adjacent to an activating group) is 1. The minimum Gasteiger partial charge on any atom is -0.495 e. The minimum atomic E-state index is -3.89. The summed E-state index contributed by atoms with van der Waals surface area (Å²) in [5.74, 6) is -0.339. The zero-order valence-corrected chi connectivity index (χ0v) is 21.2. The average Bonchev–Trinajstić information content (AvgIpc) is 2.81. The lowest BCUT2D eigenvalue weighted by Gasteiger charge is -2.19. The maximum atomic E-state index is 12.8.